The molecular formula is C16H27N3OS. The van der Waals surface area contributed by atoms with Crippen molar-refractivity contribution in [3.8, 4) is 0 Å². The molecule has 2 unspecified atom stereocenters. The standard InChI is InChI=1S/C16H27N3OS/c1-16(2)8-12-15(13(20)9-16)21-14(17-12)7-11-10-18(3)5-6-19(11)4/h11,13,20H,5-10H2,1-4H3. The largest absolute Gasteiger partial charge is 0.387 e. The van der Waals surface area contributed by atoms with E-state index in [0.717, 1.165) is 49.5 Å². The van der Waals surface area contributed by atoms with Gasteiger partial charge in [-0.3, -0.25) is 0 Å². The van der Waals surface area contributed by atoms with Crippen LogP contribution in [-0.4, -0.2) is 59.7 Å². The molecule has 118 valence electrons. The number of likely N-dealkylation sites (N-methyl/N-ethyl adjacent to an activating group) is 2. The van der Waals surface area contributed by atoms with Crippen molar-refractivity contribution in [3.63, 3.8) is 0 Å². The van der Waals surface area contributed by atoms with Gasteiger partial charge in [-0.25, -0.2) is 4.98 Å². The van der Waals surface area contributed by atoms with Gasteiger partial charge in [-0.2, -0.15) is 0 Å². The van der Waals surface area contributed by atoms with Crippen LogP contribution >= 0.6 is 11.3 Å². The summed E-state index contributed by atoms with van der Waals surface area (Å²) in [4.78, 5) is 10.8. The predicted molar refractivity (Wildman–Crippen MR) is 86.8 cm³/mol. The van der Waals surface area contributed by atoms with E-state index < -0.39 is 0 Å². The molecule has 1 N–H and O–H groups in total. The lowest BCUT2D eigenvalue weighted by Crippen LogP contribution is -2.50. The highest BCUT2D eigenvalue weighted by Gasteiger charge is 2.34. The lowest BCUT2D eigenvalue weighted by molar-refractivity contribution is 0.102. The molecule has 1 saturated heterocycles. The van der Waals surface area contributed by atoms with Crippen molar-refractivity contribution in [2.75, 3.05) is 33.7 Å². The second-order valence-electron chi connectivity index (χ2n) is 7.58. The minimum Gasteiger partial charge on any atom is -0.387 e. The number of piperazine rings is 1. The quantitative estimate of drug-likeness (QED) is 0.906. The Morgan fingerprint density at radius 2 is 2.10 bits per heavy atom. The molecule has 2 aliphatic rings. The van der Waals surface area contributed by atoms with E-state index in [2.05, 4.69) is 37.7 Å². The number of hydrogen-bond donors (Lipinski definition) is 1. The van der Waals surface area contributed by atoms with Crippen LogP contribution in [0.4, 0.5) is 0 Å². The zero-order valence-electron chi connectivity index (χ0n) is 13.6. The van der Waals surface area contributed by atoms with Gasteiger partial charge in [-0.15, -0.1) is 11.3 Å². The van der Waals surface area contributed by atoms with Gasteiger partial charge in [0.2, 0.25) is 0 Å². The van der Waals surface area contributed by atoms with E-state index in [1.54, 1.807) is 11.3 Å². The van der Waals surface area contributed by atoms with E-state index in [1.165, 1.54) is 5.01 Å². The molecule has 1 aliphatic carbocycles. The summed E-state index contributed by atoms with van der Waals surface area (Å²) in [5.74, 6) is 0. The van der Waals surface area contributed by atoms with Gasteiger partial charge in [0.25, 0.3) is 0 Å². The fourth-order valence-corrected chi connectivity index (χ4v) is 4.69. The number of rotatable bonds is 2. The molecule has 21 heavy (non-hydrogen) atoms. The summed E-state index contributed by atoms with van der Waals surface area (Å²) in [7, 11) is 4.41. The van der Waals surface area contributed by atoms with Crippen molar-refractivity contribution in [1.82, 2.24) is 14.8 Å². The van der Waals surface area contributed by atoms with Crippen molar-refractivity contribution in [2.24, 2.45) is 5.41 Å². The Morgan fingerprint density at radius 3 is 2.86 bits per heavy atom. The molecule has 0 bridgehead atoms. The maximum absolute atomic E-state index is 10.4. The van der Waals surface area contributed by atoms with Crippen molar-refractivity contribution in [2.45, 2.75) is 45.3 Å². The first-order valence-electron chi connectivity index (χ1n) is 7.89. The minimum absolute atomic E-state index is 0.166. The number of hydrogen-bond acceptors (Lipinski definition) is 5. The fourth-order valence-electron chi connectivity index (χ4n) is 3.55. The molecule has 1 aromatic heterocycles. The van der Waals surface area contributed by atoms with Crippen molar-refractivity contribution in [1.29, 1.82) is 0 Å². The summed E-state index contributed by atoms with van der Waals surface area (Å²) < 4.78 is 0. The van der Waals surface area contributed by atoms with Gasteiger partial charge in [0.1, 0.15) is 0 Å². The van der Waals surface area contributed by atoms with Crippen LogP contribution in [0, 0.1) is 5.41 Å². The third kappa shape index (κ3) is 3.31. The Morgan fingerprint density at radius 1 is 1.33 bits per heavy atom. The molecule has 3 rings (SSSR count). The minimum atomic E-state index is -0.318. The highest BCUT2D eigenvalue weighted by atomic mass is 32.1. The van der Waals surface area contributed by atoms with Crippen LogP contribution in [-0.2, 0) is 12.8 Å². The molecule has 0 radical (unpaired) electrons. The molecule has 0 spiro atoms. The van der Waals surface area contributed by atoms with Gasteiger partial charge in [-0.05, 0) is 32.4 Å². The van der Waals surface area contributed by atoms with Crippen molar-refractivity contribution >= 4 is 11.3 Å². The van der Waals surface area contributed by atoms with Gasteiger partial charge < -0.3 is 14.9 Å². The second-order valence-corrected chi connectivity index (χ2v) is 8.70. The van der Waals surface area contributed by atoms with Crippen LogP contribution in [0.15, 0.2) is 0 Å². The number of thiazole rings is 1. The van der Waals surface area contributed by atoms with Gasteiger partial charge in [0.15, 0.2) is 0 Å². The van der Waals surface area contributed by atoms with Crippen LogP contribution in [0.25, 0.3) is 0 Å². The van der Waals surface area contributed by atoms with Crippen molar-refractivity contribution in [3.05, 3.63) is 15.6 Å². The summed E-state index contributed by atoms with van der Waals surface area (Å²) >= 11 is 1.73. The van der Waals surface area contributed by atoms with Gasteiger partial charge in [-0.1, -0.05) is 13.8 Å². The Bertz CT molecular complexity index is 514. The molecule has 1 fully saturated rings. The molecular weight excluding hydrogens is 282 g/mol. The summed E-state index contributed by atoms with van der Waals surface area (Å²) in [6.45, 7) is 7.83. The van der Waals surface area contributed by atoms with Crippen LogP contribution in [0.1, 0.15) is 42.0 Å². The molecule has 1 aromatic rings. The fraction of sp³-hybridized carbons (Fsp3) is 0.812. The van der Waals surface area contributed by atoms with Crippen LogP contribution in [0.5, 0.6) is 0 Å². The SMILES string of the molecule is CN1CCN(C)C(Cc2nc3c(s2)C(O)CC(C)(C)C3)C1. The third-order valence-corrected chi connectivity index (χ3v) is 6.08. The Kier molecular flexibility index (Phi) is 4.12. The van der Waals surface area contributed by atoms with Crippen LogP contribution < -0.4 is 0 Å². The smallest absolute Gasteiger partial charge is 0.0948 e. The molecule has 2 atom stereocenters. The van der Waals surface area contributed by atoms with Crippen LogP contribution in [0.2, 0.25) is 0 Å². The molecule has 1 aliphatic heterocycles. The lowest BCUT2D eigenvalue weighted by Gasteiger charge is -2.37. The first-order chi connectivity index (χ1) is 9.84. The Hall–Kier alpha value is -0.490. The summed E-state index contributed by atoms with van der Waals surface area (Å²) in [5, 5.41) is 11.6. The first kappa shape index (κ1) is 15.4. The average molecular weight is 309 g/mol. The number of aromatic nitrogens is 1. The highest BCUT2D eigenvalue weighted by molar-refractivity contribution is 7.11. The molecule has 0 aromatic carbocycles. The topological polar surface area (TPSA) is 39.6 Å². The summed E-state index contributed by atoms with van der Waals surface area (Å²) in [6.07, 6.45) is 2.54. The summed E-state index contributed by atoms with van der Waals surface area (Å²) in [5.41, 5.74) is 1.31. The van der Waals surface area contributed by atoms with E-state index >= 15 is 0 Å². The predicted octanol–water partition coefficient (Wildman–Crippen LogP) is 1.94. The number of aliphatic hydroxyl groups is 1. The van der Waals surface area contributed by atoms with E-state index in [9.17, 15) is 5.11 Å². The third-order valence-electron chi connectivity index (χ3n) is 4.86. The van der Waals surface area contributed by atoms with E-state index in [0.29, 0.717) is 6.04 Å². The molecule has 0 amide bonds. The normalized spacial score (nSPS) is 30.3. The zero-order valence-corrected chi connectivity index (χ0v) is 14.4. The summed E-state index contributed by atoms with van der Waals surface area (Å²) in [6, 6.07) is 0.543. The van der Waals surface area contributed by atoms with Crippen LogP contribution in [0.3, 0.4) is 0 Å². The average Bonchev–Trinajstić information content (AvgIpc) is 2.75. The lowest BCUT2D eigenvalue weighted by atomic mass is 9.77. The van der Waals surface area contributed by atoms with Gasteiger partial charge in [0, 0.05) is 32.1 Å². The molecule has 0 saturated carbocycles. The van der Waals surface area contributed by atoms with E-state index in [4.69, 9.17) is 4.98 Å². The van der Waals surface area contributed by atoms with Crippen molar-refractivity contribution < 1.29 is 5.11 Å². The van der Waals surface area contributed by atoms with Gasteiger partial charge in [0.05, 0.1) is 21.7 Å². The van der Waals surface area contributed by atoms with Gasteiger partial charge >= 0.3 is 0 Å². The highest BCUT2D eigenvalue weighted by Crippen LogP contribution is 2.43. The van der Waals surface area contributed by atoms with E-state index in [1.807, 2.05) is 0 Å². The monoisotopic (exact) mass is 309 g/mol. The van der Waals surface area contributed by atoms with E-state index in [-0.39, 0.29) is 11.5 Å². The molecule has 5 heteroatoms. The number of fused-ring (bicyclic) bond motifs is 1. The number of aliphatic hydroxyl groups excluding tert-OH is 1. The first-order valence-corrected chi connectivity index (χ1v) is 8.71. The maximum Gasteiger partial charge on any atom is 0.0948 e. The maximum atomic E-state index is 10.4. The molecule has 4 nitrogen and oxygen atoms in total. The number of nitrogens with zero attached hydrogens (tertiary/aromatic N) is 3. The molecule has 2 heterocycles. The zero-order chi connectivity index (χ0) is 15.2. The Labute approximate surface area is 131 Å². The second kappa shape index (κ2) is 5.61. The Balaban J connectivity index is 1.76.